The number of aromatic nitrogens is 4. The van der Waals surface area contributed by atoms with Crippen LogP contribution in [0.15, 0.2) is 60.7 Å². The molecule has 0 spiro atoms. The fourth-order valence-electron chi connectivity index (χ4n) is 4.41. The standard InChI is InChI=1S/C16H21BN4O2.C11H9ClN2O/c1-13-15(12-22)16(19-8-10-20(11-9-19)17(2)23)21(18-13)14-6-4-3-5-7-14;1-8-10(7-15)11(12)14(13-8)9-5-3-2-4-6-9/h3-7,12,23H,8-11H2,1-2H3;2-7H,1H3. The molecule has 2 aromatic carbocycles. The van der Waals surface area contributed by atoms with Gasteiger partial charge in [0.2, 0.25) is 0 Å². The molecule has 38 heavy (non-hydrogen) atoms. The van der Waals surface area contributed by atoms with Crippen LogP contribution in [0.5, 0.6) is 0 Å². The predicted molar refractivity (Wildman–Crippen MR) is 150 cm³/mol. The van der Waals surface area contributed by atoms with Gasteiger partial charge in [0.15, 0.2) is 12.6 Å². The average Bonchev–Trinajstić information content (AvgIpc) is 3.44. The van der Waals surface area contributed by atoms with E-state index in [0.29, 0.717) is 22.0 Å². The van der Waals surface area contributed by atoms with Gasteiger partial charge in [0.05, 0.1) is 33.9 Å². The van der Waals surface area contributed by atoms with E-state index in [1.807, 2.05) is 77.1 Å². The van der Waals surface area contributed by atoms with E-state index in [2.05, 4.69) is 15.1 Å². The first-order valence-electron chi connectivity index (χ1n) is 12.4. The smallest absolute Gasteiger partial charge is 0.376 e. The lowest BCUT2D eigenvalue weighted by Gasteiger charge is -2.36. The predicted octanol–water partition coefficient (Wildman–Crippen LogP) is 3.87. The van der Waals surface area contributed by atoms with Crippen LogP contribution in [0.2, 0.25) is 12.0 Å². The maximum Gasteiger partial charge on any atom is 0.376 e. The van der Waals surface area contributed by atoms with Gasteiger partial charge in [-0.2, -0.15) is 10.2 Å². The number of carbonyl (C=O) groups is 2. The first kappa shape index (κ1) is 27.3. The van der Waals surface area contributed by atoms with Crippen molar-refractivity contribution < 1.29 is 14.6 Å². The maximum atomic E-state index is 11.6. The van der Waals surface area contributed by atoms with Gasteiger partial charge in [-0.1, -0.05) is 48.0 Å². The highest BCUT2D eigenvalue weighted by molar-refractivity contribution is 6.45. The maximum absolute atomic E-state index is 11.6. The topological polar surface area (TPSA) is 96.5 Å². The normalized spacial score (nSPS) is 13.6. The molecule has 1 aliphatic heterocycles. The number of carbonyl (C=O) groups excluding carboxylic acids is 2. The zero-order valence-corrected chi connectivity index (χ0v) is 22.4. The highest BCUT2D eigenvalue weighted by atomic mass is 35.5. The van der Waals surface area contributed by atoms with Crippen molar-refractivity contribution in [2.24, 2.45) is 0 Å². The van der Waals surface area contributed by atoms with Crippen LogP contribution < -0.4 is 4.90 Å². The Morgan fingerprint density at radius 1 is 0.789 bits per heavy atom. The molecule has 3 heterocycles. The number of piperazine rings is 1. The second-order valence-corrected chi connectivity index (χ2v) is 9.36. The lowest BCUT2D eigenvalue weighted by atomic mass is 9.84. The van der Waals surface area contributed by atoms with Crippen molar-refractivity contribution in [2.75, 3.05) is 31.1 Å². The molecule has 0 bridgehead atoms. The molecular formula is C27H30BClN6O3. The number of hydrogen-bond donors (Lipinski definition) is 1. The van der Waals surface area contributed by atoms with Crippen molar-refractivity contribution in [2.45, 2.75) is 20.7 Å². The van der Waals surface area contributed by atoms with Crippen LogP contribution in [0.25, 0.3) is 11.4 Å². The third-order valence-corrected chi connectivity index (χ3v) is 6.87. The van der Waals surface area contributed by atoms with E-state index in [0.717, 1.165) is 61.6 Å². The van der Waals surface area contributed by atoms with E-state index in [1.165, 1.54) is 0 Å². The van der Waals surface area contributed by atoms with Gasteiger partial charge in [-0.25, -0.2) is 9.36 Å². The molecule has 0 aliphatic carbocycles. The van der Waals surface area contributed by atoms with Crippen LogP contribution >= 0.6 is 11.6 Å². The highest BCUT2D eigenvalue weighted by Gasteiger charge is 2.27. The van der Waals surface area contributed by atoms with Gasteiger partial charge in [-0.15, -0.1) is 0 Å². The lowest BCUT2D eigenvalue weighted by Crippen LogP contribution is -2.52. The minimum atomic E-state index is -0.441. The molecule has 196 valence electrons. The molecule has 0 saturated carbocycles. The second-order valence-electron chi connectivity index (χ2n) is 9.00. The molecule has 2 aromatic heterocycles. The van der Waals surface area contributed by atoms with E-state index >= 15 is 0 Å². The average molecular weight is 533 g/mol. The van der Waals surface area contributed by atoms with Crippen LogP contribution in [0.4, 0.5) is 5.82 Å². The molecule has 4 aromatic rings. The Morgan fingerprint density at radius 3 is 1.74 bits per heavy atom. The highest BCUT2D eigenvalue weighted by Crippen LogP contribution is 2.27. The van der Waals surface area contributed by atoms with E-state index < -0.39 is 7.05 Å². The number of anilines is 1. The summed E-state index contributed by atoms with van der Waals surface area (Å²) in [5, 5.41) is 18.8. The molecule has 1 saturated heterocycles. The number of aldehydes is 2. The van der Waals surface area contributed by atoms with Gasteiger partial charge in [0.25, 0.3) is 0 Å². The summed E-state index contributed by atoms with van der Waals surface area (Å²) in [5.74, 6) is 0.842. The number of nitrogens with zero attached hydrogens (tertiary/aromatic N) is 6. The molecule has 0 radical (unpaired) electrons. The lowest BCUT2D eigenvalue weighted by molar-refractivity contribution is 0.111. The van der Waals surface area contributed by atoms with Crippen molar-refractivity contribution in [1.29, 1.82) is 0 Å². The molecule has 5 rings (SSSR count). The Bertz CT molecular complexity index is 1380. The van der Waals surface area contributed by atoms with Gasteiger partial charge in [-0.05, 0) is 44.9 Å². The fraction of sp³-hybridized carbons (Fsp3) is 0.259. The summed E-state index contributed by atoms with van der Waals surface area (Å²) in [6.45, 7) is 8.43. The Labute approximate surface area is 227 Å². The molecule has 0 atom stereocenters. The number of hydrogen-bond acceptors (Lipinski definition) is 7. The van der Waals surface area contributed by atoms with Crippen molar-refractivity contribution in [3.8, 4) is 11.4 Å². The number of benzene rings is 2. The van der Waals surface area contributed by atoms with Gasteiger partial charge in [0.1, 0.15) is 11.0 Å². The zero-order valence-electron chi connectivity index (χ0n) is 21.7. The summed E-state index contributed by atoms with van der Waals surface area (Å²) in [4.78, 5) is 26.5. The van der Waals surface area contributed by atoms with Crippen molar-refractivity contribution in [3.05, 3.63) is 88.3 Å². The Kier molecular flexibility index (Phi) is 8.78. The van der Waals surface area contributed by atoms with Crippen LogP contribution in [-0.2, 0) is 0 Å². The summed E-state index contributed by atoms with van der Waals surface area (Å²) in [7, 11) is -0.441. The Hall–Kier alpha value is -3.73. The SMILES string of the molecule is CB(O)N1CCN(c2c(C=O)c(C)nn2-c2ccccc2)CC1.Cc1nn(-c2ccccc2)c(Cl)c1C=O. The molecule has 1 aliphatic rings. The minimum absolute atomic E-state index is 0.355. The first-order chi connectivity index (χ1) is 18.3. The minimum Gasteiger partial charge on any atom is -0.437 e. The van der Waals surface area contributed by atoms with Crippen LogP contribution in [0, 0.1) is 13.8 Å². The molecule has 1 fully saturated rings. The largest absolute Gasteiger partial charge is 0.437 e. The van der Waals surface area contributed by atoms with Crippen LogP contribution in [0.1, 0.15) is 32.1 Å². The van der Waals surface area contributed by atoms with Gasteiger partial charge >= 0.3 is 7.05 Å². The molecule has 0 amide bonds. The third kappa shape index (κ3) is 5.72. The molecular weight excluding hydrogens is 503 g/mol. The van der Waals surface area contributed by atoms with E-state index in [4.69, 9.17) is 11.6 Å². The Morgan fingerprint density at radius 2 is 1.26 bits per heavy atom. The monoisotopic (exact) mass is 532 g/mol. The third-order valence-electron chi connectivity index (χ3n) is 6.51. The van der Waals surface area contributed by atoms with E-state index in [9.17, 15) is 14.6 Å². The number of rotatable bonds is 6. The summed E-state index contributed by atoms with van der Waals surface area (Å²) in [6, 6.07) is 19.3. The second kappa shape index (κ2) is 12.2. The molecule has 0 unspecified atom stereocenters. The number of para-hydroxylation sites is 2. The van der Waals surface area contributed by atoms with Gasteiger partial charge in [-0.3, -0.25) is 9.59 Å². The fourth-order valence-corrected chi connectivity index (χ4v) is 4.73. The van der Waals surface area contributed by atoms with E-state index in [-0.39, 0.29) is 0 Å². The zero-order chi connectivity index (χ0) is 27.2. The van der Waals surface area contributed by atoms with E-state index in [1.54, 1.807) is 18.4 Å². The quantitative estimate of drug-likeness (QED) is 0.297. The molecule has 9 nitrogen and oxygen atoms in total. The first-order valence-corrected chi connectivity index (χ1v) is 12.8. The Balaban J connectivity index is 0.000000194. The molecule has 11 heteroatoms. The van der Waals surface area contributed by atoms with Crippen LogP contribution in [0.3, 0.4) is 0 Å². The van der Waals surface area contributed by atoms with Gasteiger partial charge < -0.3 is 14.7 Å². The van der Waals surface area contributed by atoms with Crippen molar-refractivity contribution >= 4 is 37.0 Å². The van der Waals surface area contributed by atoms with Crippen LogP contribution in [-0.4, -0.2) is 75.2 Å². The number of halogens is 1. The van der Waals surface area contributed by atoms with Crippen molar-refractivity contribution in [3.63, 3.8) is 0 Å². The summed E-state index contributed by atoms with van der Waals surface area (Å²) in [5.41, 5.74) is 4.24. The summed E-state index contributed by atoms with van der Waals surface area (Å²) in [6.07, 6.45) is 1.61. The van der Waals surface area contributed by atoms with Gasteiger partial charge in [0, 0.05) is 26.2 Å². The summed E-state index contributed by atoms with van der Waals surface area (Å²) >= 11 is 6.03. The number of aryl methyl sites for hydroxylation is 2. The van der Waals surface area contributed by atoms with Crippen molar-refractivity contribution in [1.82, 2.24) is 24.4 Å². The summed E-state index contributed by atoms with van der Waals surface area (Å²) < 4.78 is 3.40. The molecule has 1 N–H and O–H groups in total.